The Morgan fingerprint density at radius 1 is 1.29 bits per heavy atom. The van der Waals surface area contributed by atoms with Gasteiger partial charge in [0.25, 0.3) is 5.91 Å². The first-order valence-corrected chi connectivity index (χ1v) is 10.4. The molecule has 0 bridgehead atoms. The number of fused-ring (bicyclic) bond motifs is 1. The fourth-order valence-corrected chi connectivity index (χ4v) is 4.69. The maximum atomic E-state index is 13.7. The van der Waals surface area contributed by atoms with E-state index in [2.05, 4.69) is 9.39 Å². The van der Waals surface area contributed by atoms with E-state index in [1.807, 2.05) is 36.8 Å². The molecule has 0 saturated carbocycles. The maximum Gasteiger partial charge on any atom is 0.283 e. The molecule has 0 saturated heterocycles. The molecule has 2 aromatic rings. The molecular formula is C19H16FN5OS2. The standard InChI is InChI=1S/C19H16FN5OS2/c1-10-7-12(11(2)24(10)14-6-4-5-13(20)9-14)8-15-16(21)25-18(22-17(15)26)28-23-19(25)27-3/h4-9,21H,1-3H3/b15-8-,21-16?. The molecule has 2 aliphatic rings. The van der Waals surface area contributed by atoms with Gasteiger partial charge < -0.3 is 4.57 Å². The molecule has 1 aromatic heterocycles. The van der Waals surface area contributed by atoms with Crippen LogP contribution >= 0.6 is 23.7 Å². The van der Waals surface area contributed by atoms with Crippen molar-refractivity contribution in [1.29, 1.82) is 5.41 Å². The number of hydrogen-bond acceptors (Lipinski definition) is 5. The highest BCUT2D eigenvalue weighted by atomic mass is 32.2. The van der Waals surface area contributed by atoms with Gasteiger partial charge in [-0.1, -0.05) is 17.8 Å². The van der Waals surface area contributed by atoms with Crippen molar-refractivity contribution in [3.8, 4) is 5.69 Å². The zero-order valence-corrected chi connectivity index (χ0v) is 17.0. The molecule has 6 nitrogen and oxygen atoms in total. The van der Waals surface area contributed by atoms with Crippen LogP contribution < -0.4 is 0 Å². The second-order valence-corrected chi connectivity index (χ2v) is 7.76. The number of hydrogen-bond donors (Lipinski definition) is 1. The lowest BCUT2D eigenvalue weighted by atomic mass is 10.1. The minimum absolute atomic E-state index is 0.0589. The Morgan fingerprint density at radius 2 is 2.07 bits per heavy atom. The van der Waals surface area contributed by atoms with Crippen LogP contribution in [0.5, 0.6) is 0 Å². The average molecular weight is 414 g/mol. The summed E-state index contributed by atoms with van der Waals surface area (Å²) in [6, 6.07) is 8.26. The van der Waals surface area contributed by atoms with Crippen LogP contribution in [0.25, 0.3) is 11.8 Å². The van der Waals surface area contributed by atoms with Gasteiger partial charge in [0.1, 0.15) is 11.7 Å². The summed E-state index contributed by atoms with van der Waals surface area (Å²) in [6.45, 7) is 3.82. The Labute approximate surface area is 169 Å². The summed E-state index contributed by atoms with van der Waals surface area (Å²) in [5.74, 6) is -0.716. The van der Waals surface area contributed by atoms with Gasteiger partial charge in [-0.25, -0.2) is 9.29 Å². The molecule has 1 amide bonds. The van der Waals surface area contributed by atoms with E-state index in [0.29, 0.717) is 16.0 Å². The predicted octanol–water partition coefficient (Wildman–Crippen LogP) is 4.17. The number of nitrogens with zero attached hydrogens (tertiary/aromatic N) is 4. The van der Waals surface area contributed by atoms with Crippen LogP contribution in [0, 0.1) is 25.1 Å². The lowest BCUT2D eigenvalue weighted by Crippen LogP contribution is -2.41. The van der Waals surface area contributed by atoms with Gasteiger partial charge in [0, 0.05) is 17.1 Å². The first kappa shape index (κ1) is 18.7. The summed E-state index contributed by atoms with van der Waals surface area (Å²) >= 11 is 2.49. The van der Waals surface area contributed by atoms with Crippen LogP contribution in [0.4, 0.5) is 4.39 Å². The molecule has 9 heteroatoms. The zero-order chi connectivity index (χ0) is 20.0. The summed E-state index contributed by atoms with van der Waals surface area (Å²) < 4.78 is 19.8. The number of halogens is 1. The fourth-order valence-electron chi connectivity index (χ4n) is 3.23. The van der Waals surface area contributed by atoms with Gasteiger partial charge in [0.05, 0.1) is 17.5 Å². The van der Waals surface area contributed by atoms with E-state index < -0.39 is 5.91 Å². The second-order valence-electron chi connectivity index (χ2n) is 6.25. The molecule has 142 valence electrons. The highest BCUT2D eigenvalue weighted by Gasteiger charge is 2.37. The van der Waals surface area contributed by atoms with Crippen LogP contribution in [0.2, 0.25) is 0 Å². The van der Waals surface area contributed by atoms with Gasteiger partial charge in [0.15, 0.2) is 5.17 Å². The van der Waals surface area contributed by atoms with Crippen molar-refractivity contribution in [2.45, 2.75) is 13.8 Å². The second kappa shape index (κ2) is 7.06. The van der Waals surface area contributed by atoms with Gasteiger partial charge in [-0.15, -0.1) is 0 Å². The van der Waals surface area contributed by atoms with Gasteiger partial charge in [-0.2, -0.15) is 9.39 Å². The maximum absolute atomic E-state index is 13.7. The van der Waals surface area contributed by atoms with Crippen molar-refractivity contribution in [3.63, 3.8) is 0 Å². The summed E-state index contributed by atoms with van der Waals surface area (Å²) in [5, 5.41) is 9.53. The first-order chi connectivity index (χ1) is 13.4. The van der Waals surface area contributed by atoms with Crippen LogP contribution in [0.1, 0.15) is 17.0 Å². The van der Waals surface area contributed by atoms with Crippen molar-refractivity contribution in [3.05, 3.63) is 58.7 Å². The van der Waals surface area contributed by atoms with Crippen molar-refractivity contribution in [2.75, 3.05) is 6.26 Å². The van der Waals surface area contributed by atoms with E-state index in [4.69, 9.17) is 5.41 Å². The minimum atomic E-state index is -0.461. The summed E-state index contributed by atoms with van der Waals surface area (Å²) in [7, 11) is 0. The number of amides is 1. The van der Waals surface area contributed by atoms with E-state index in [1.54, 1.807) is 17.0 Å². The zero-order valence-electron chi connectivity index (χ0n) is 15.4. The van der Waals surface area contributed by atoms with Crippen molar-refractivity contribution >= 4 is 51.9 Å². The number of rotatable bonds is 2. The van der Waals surface area contributed by atoms with Crippen LogP contribution in [0.3, 0.4) is 0 Å². The molecule has 1 N–H and O–H groups in total. The Morgan fingerprint density at radius 3 is 2.79 bits per heavy atom. The monoisotopic (exact) mass is 413 g/mol. The molecule has 0 unspecified atom stereocenters. The van der Waals surface area contributed by atoms with Crippen molar-refractivity contribution in [2.24, 2.45) is 9.39 Å². The van der Waals surface area contributed by atoms with E-state index in [0.717, 1.165) is 28.9 Å². The highest BCUT2D eigenvalue weighted by Crippen LogP contribution is 2.32. The van der Waals surface area contributed by atoms with Gasteiger partial charge >= 0.3 is 0 Å². The molecule has 0 spiro atoms. The third-order valence-corrected chi connectivity index (χ3v) is 5.97. The highest BCUT2D eigenvalue weighted by molar-refractivity contribution is 8.18. The number of aryl methyl sites for hydroxylation is 1. The van der Waals surface area contributed by atoms with Gasteiger partial charge in [-0.3, -0.25) is 10.2 Å². The van der Waals surface area contributed by atoms with Gasteiger partial charge in [-0.05, 0) is 56.0 Å². The number of amidine groups is 3. The van der Waals surface area contributed by atoms with E-state index in [1.165, 1.54) is 23.9 Å². The number of benzene rings is 1. The summed E-state index contributed by atoms with van der Waals surface area (Å²) in [4.78, 5) is 18.2. The normalized spacial score (nSPS) is 17.9. The Bertz CT molecular complexity index is 1120. The molecule has 1 aromatic carbocycles. The number of thioether (sulfide) groups is 1. The third kappa shape index (κ3) is 3.00. The van der Waals surface area contributed by atoms with E-state index >= 15 is 0 Å². The SMILES string of the molecule is CSC1=NSC2=NC(=O)/C(=C\c3cc(C)n(-c4cccc(F)c4)c3C)C(=N)N12. The molecule has 28 heavy (non-hydrogen) atoms. The minimum Gasteiger partial charge on any atom is -0.318 e. The molecule has 0 aliphatic carbocycles. The Kier molecular flexibility index (Phi) is 4.72. The summed E-state index contributed by atoms with van der Waals surface area (Å²) in [6.07, 6.45) is 3.53. The molecule has 4 rings (SSSR count). The predicted molar refractivity (Wildman–Crippen MR) is 114 cm³/mol. The lowest BCUT2D eigenvalue weighted by Gasteiger charge is -2.23. The number of aliphatic imine (C=N–C) groups is 1. The average Bonchev–Trinajstić information content (AvgIpc) is 3.19. The van der Waals surface area contributed by atoms with Crippen molar-refractivity contribution < 1.29 is 9.18 Å². The van der Waals surface area contributed by atoms with Crippen LogP contribution in [0.15, 0.2) is 45.3 Å². The molecule has 0 atom stereocenters. The summed E-state index contributed by atoms with van der Waals surface area (Å²) in [5.41, 5.74) is 3.44. The fraction of sp³-hybridized carbons (Fsp3) is 0.158. The number of carbonyl (C=O) groups is 1. The molecule has 0 radical (unpaired) electrons. The van der Waals surface area contributed by atoms with Gasteiger partial charge in [0.2, 0.25) is 5.17 Å². The van der Waals surface area contributed by atoms with E-state index in [-0.39, 0.29) is 17.2 Å². The lowest BCUT2D eigenvalue weighted by molar-refractivity contribution is -0.114. The quantitative estimate of drug-likeness (QED) is 0.592. The van der Waals surface area contributed by atoms with Crippen LogP contribution in [-0.2, 0) is 4.79 Å². The molecule has 0 fully saturated rings. The van der Waals surface area contributed by atoms with Crippen molar-refractivity contribution in [1.82, 2.24) is 9.47 Å². The Hall–Kier alpha value is -2.65. The molecule has 3 heterocycles. The topological polar surface area (TPSA) is 73.8 Å². The largest absolute Gasteiger partial charge is 0.318 e. The molecule has 2 aliphatic heterocycles. The molecular weight excluding hydrogens is 397 g/mol. The first-order valence-electron chi connectivity index (χ1n) is 8.38. The third-order valence-electron chi connectivity index (χ3n) is 4.51. The Balaban J connectivity index is 1.78. The smallest absolute Gasteiger partial charge is 0.283 e. The number of aromatic nitrogens is 1. The number of carbonyl (C=O) groups excluding carboxylic acids is 1. The number of nitrogens with one attached hydrogen (secondary N) is 1. The van der Waals surface area contributed by atoms with E-state index in [9.17, 15) is 9.18 Å². The van der Waals surface area contributed by atoms with Crippen LogP contribution in [-0.4, -0.2) is 37.8 Å².